The monoisotopic (exact) mass is 715 g/mol. The Morgan fingerprint density at radius 2 is 0.750 bits per heavy atom. The highest BCUT2D eigenvalue weighted by molar-refractivity contribution is 6.16. The first kappa shape index (κ1) is 33.2. The standard InChI is InChI=1S/C54H37NO/c1-5-16-38(17-6-1)42-28-30-47(31-29-42)55(48-36-45(40-20-9-3-10-21-40)35-46(37-48)41-22-11-4-12-23-41)50-32-33-52-54(49-26-13-14-27-51(49)56-52)53(50)44-25-15-24-43(34-44)39-18-7-2-8-19-39/h1-37H. The van der Waals surface area contributed by atoms with Gasteiger partial charge in [-0.05, 0) is 105 Å². The Kier molecular flexibility index (Phi) is 8.55. The summed E-state index contributed by atoms with van der Waals surface area (Å²) in [6.07, 6.45) is 0. The van der Waals surface area contributed by atoms with Gasteiger partial charge >= 0.3 is 0 Å². The zero-order chi connectivity index (χ0) is 37.3. The lowest BCUT2D eigenvalue weighted by atomic mass is 9.93. The second-order valence-corrected chi connectivity index (χ2v) is 14.1. The molecule has 0 saturated carbocycles. The summed E-state index contributed by atoms with van der Waals surface area (Å²) in [7, 11) is 0. The van der Waals surface area contributed by atoms with Crippen LogP contribution in [-0.4, -0.2) is 0 Å². The summed E-state index contributed by atoms with van der Waals surface area (Å²) < 4.78 is 6.58. The molecule has 0 saturated heterocycles. The van der Waals surface area contributed by atoms with Crippen LogP contribution in [0.3, 0.4) is 0 Å². The van der Waals surface area contributed by atoms with Gasteiger partial charge in [-0.15, -0.1) is 0 Å². The van der Waals surface area contributed by atoms with E-state index in [2.05, 4.69) is 223 Å². The van der Waals surface area contributed by atoms with Gasteiger partial charge in [0.1, 0.15) is 11.2 Å². The Hall–Kier alpha value is -7.42. The largest absolute Gasteiger partial charge is 0.456 e. The van der Waals surface area contributed by atoms with Crippen molar-refractivity contribution in [2.75, 3.05) is 4.90 Å². The molecule has 56 heavy (non-hydrogen) atoms. The Morgan fingerprint density at radius 1 is 0.286 bits per heavy atom. The number of hydrogen-bond acceptors (Lipinski definition) is 2. The van der Waals surface area contributed by atoms with Crippen molar-refractivity contribution in [2.24, 2.45) is 0 Å². The fraction of sp³-hybridized carbons (Fsp3) is 0. The van der Waals surface area contributed by atoms with E-state index in [9.17, 15) is 0 Å². The van der Waals surface area contributed by atoms with Gasteiger partial charge in [-0.2, -0.15) is 0 Å². The molecule has 264 valence electrons. The SMILES string of the molecule is c1ccc(-c2ccc(N(c3cc(-c4ccccc4)cc(-c4ccccc4)c3)c3ccc4oc5ccccc5c4c3-c3cccc(-c4ccccc4)c3)cc2)cc1. The van der Waals surface area contributed by atoms with Gasteiger partial charge in [0.15, 0.2) is 0 Å². The van der Waals surface area contributed by atoms with Crippen LogP contribution in [0.5, 0.6) is 0 Å². The van der Waals surface area contributed by atoms with E-state index < -0.39 is 0 Å². The second kappa shape index (κ2) is 14.4. The van der Waals surface area contributed by atoms with Crippen molar-refractivity contribution in [1.29, 1.82) is 0 Å². The minimum absolute atomic E-state index is 0.859. The average Bonchev–Trinajstić information content (AvgIpc) is 3.67. The van der Waals surface area contributed by atoms with Crippen LogP contribution in [0.4, 0.5) is 17.1 Å². The van der Waals surface area contributed by atoms with Crippen molar-refractivity contribution in [2.45, 2.75) is 0 Å². The Balaban J connectivity index is 1.28. The van der Waals surface area contributed by atoms with Gasteiger partial charge in [0.2, 0.25) is 0 Å². The molecule has 10 rings (SSSR count). The Labute approximate surface area is 327 Å². The number of anilines is 3. The van der Waals surface area contributed by atoms with Gasteiger partial charge in [0.05, 0.1) is 5.69 Å². The number of benzene rings is 9. The van der Waals surface area contributed by atoms with E-state index in [1.54, 1.807) is 0 Å². The third kappa shape index (κ3) is 6.24. The van der Waals surface area contributed by atoms with Gasteiger partial charge in [0.25, 0.3) is 0 Å². The molecule has 2 heteroatoms. The molecule has 2 nitrogen and oxygen atoms in total. The van der Waals surface area contributed by atoms with Crippen LogP contribution in [0.15, 0.2) is 229 Å². The quantitative estimate of drug-likeness (QED) is 0.156. The second-order valence-electron chi connectivity index (χ2n) is 14.1. The number of fused-ring (bicyclic) bond motifs is 3. The molecule has 1 aromatic heterocycles. The molecular formula is C54H37NO. The highest BCUT2D eigenvalue weighted by Crippen LogP contribution is 2.49. The number of para-hydroxylation sites is 1. The number of hydrogen-bond donors (Lipinski definition) is 0. The molecule has 0 aliphatic rings. The molecule has 0 N–H and O–H groups in total. The number of furan rings is 1. The first-order valence-electron chi connectivity index (χ1n) is 19.1. The third-order valence-electron chi connectivity index (χ3n) is 10.6. The highest BCUT2D eigenvalue weighted by atomic mass is 16.3. The number of nitrogens with zero attached hydrogens (tertiary/aromatic N) is 1. The van der Waals surface area contributed by atoms with Crippen molar-refractivity contribution in [3.8, 4) is 55.6 Å². The molecule has 0 spiro atoms. The van der Waals surface area contributed by atoms with Crippen LogP contribution in [0.1, 0.15) is 0 Å². The zero-order valence-corrected chi connectivity index (χ0v) is 30.7. The fourth-order valence-electron chi connectivity index (χ4n) is 7.96. The van der Waals surface area contributed by atoms with Gasteiger partial charge in [-0.1, -0.05) is 170 Å². The maximum absolute atomic E-state index is 6.58. The Bertz CT molecular complexity index is 2870. The summed E-state index contributed by atoms with van der Waals surface area (Å²) in [6, 6.07) is 80.2. The molecule has 0 radical (unpaired) electrons. The maximum Gasteiger partial charge on any atom is 0.136 e. The van der Waals surface area contributed by atoms with Gasteiger partial charge in [-0.3, -0.25) is 0 Å². The molecule has 0 unspecified atom stereocenters. The summed E-state index contributed by atoms with van der Waals surface area (Å²) in [6.45, 7) is 0. The zero-order valence-electron chi connectivity index (χ0n) is 30.7. The topological polar surface area (TPSA) is 16.4 Å². The van der Waals surface area contributed by atoms with Crippen LogP contribution in [0.25, 0.3) is 77.6 Å². The lowest BCUT2D eigenvalue weighted by Crippen LogP contribution is -2.12. The summed E-state index contributed by atoms with van der Waals surface area (Å²) in [5, 5.41) is 2.18. The fourth-order valence-corrected chi connectivity index (χ4v) is 7.96. The summed E-state index contributed by atoms with van der Waals surface area (Å²) in [5.41, 5.74) is 16.5. The molecule has 10 aromatic rings. The van der Waals surface area contributed by atoms with Crippen molar-refractivity contribution in [3.05, 3.63) is 224 Å². The van der Waals surface area contributed by atoms with E-state index in [0.717, 1.165) is 77.9 Å². The van der Waals surface area contributed by atoms with E-state index >= 15 is 0 Å². The third-order valence-corrected chi connectivity index (χ3v) is 10.6. The molecule has 9 aromatic carbocycles. The molecule has 0 atom stereocenters. The molecule has 1 heterocycles. The van der Waals surface area contributed by atoms with Crippen molar-refractivity contribution < 1.29 is 4.42 Å². The first-order valence-corrected chi connectivity index (χ1v) is 19.1. The van der Waals surface area contributed by atoms with E-state index in [1.165, 1.54) is 16.7 Å². The van der Waals surface area contributed by atoms with E-state index in [4.69, 9.17) is 4.42 Å². The lowest BCUT2D eigenvalue weighted by molar-refractivity contribution is 0.669. The van der Waals surface area contributed by atoms with Crippen LogP contribution in [0.2, 0.25) is 0 Å². The normalized spacial score (nSPS) is 11.2. The van der Waals surface area contributed by atoms with E-state index in [0.29, 0.717) is 0 Å². The Morgan fingerprint density at radius 3 is 1.36 bits per heavy atom. The van der Waals surface area contributed by atoms with Gasteiger partial charge < -0.3 is 9.32 Å². The summed E-state index contributed by atoms with van der Waals surface area (Å²) in [5.74, 6) is 0. The van der Waals surface area contributed by atoms with Gasteiger partial charge in [-0.25, -0.2) is 0 Å². The van der Waals surface area contributed by atoms with Crippen LogP contribution >= 0.6 is 0 Å². The maximum atomic E-state index is 6.58. The molecule has 0 aliphatic carbocycles. The van der Waals surface area contributed by atoms with Gasteiger partial charge in [0, 0.05) is 27.7 Å². The van der Waals surface area contributed by atoms with E-state index in [1.807, 2.05) is 6.07 Å². The number of rotatable bonds is 8. The molecule has 0 bridgehead atoms. The van der Waals surface area contributed by atoms with Crippen LogP contribution < -0.4 is 4.90 Å². The molecule has 0 amide bonds. The van der Waals surface area contributed by atoms with Crippen LogP contribution in [0, 0.1) is 0 Å². The predicted octanol–water partition coefficient (Wildman–Crippen LogP) is 15.4. The summed E-state index contributed by atoms with van der Waals surface area (Å²) in [4.78, 5) is 2.43. The highest BCUT2D eigenvalue weighted by Gasteiger charge is 2.24. The molecular weight excluding hydrogens is 679 g/mol. The first-order chi connectivity index (χ1) is 27.8. The minimum Gasteiger partial charge on any atom is -0.456 e. The van der Waals surface area contributed by atoms with Crippen LogP contribution in [-0.2, 0) is 0 Å². The average molecular weight is 716 g/mol. The van der Waals surface area contributed by atoms with E-state index in [-0.39, 0.29) is 0 Å². The molecule has 0 aliphatic heterocycles. The predicted molar refractivity (Wildman–Crippen MR) is 236 cm³/mol. The van der Waals surface area contributed by atoms with Crippen molar-refractivity contribution in [1.82, 2.24) is 0 Å². The molecule has 0 fully saturated rings. The summed E-state index contributed by atoms with van der Waals surface area (Å²) >= 11 is 0. The van der Waals surface area contributed by atoms with Crippen molar-refractivity contribution in [3.63, 3.8) is 0 Å². The smallest absolute Gasteiger partial charge is 0.136 e. The lowest BCUT2D eigenvalue weighted by Gasteiger charge is -2.29. The van der Waals surface area contributed by atoms with Crippen molar-refractivity contribution >= 4 is 39.0 Å². The minimum atomic E-state index is 0.859.